The molecule has 4 heteroatoms. The van der Waals surface area contributed by atoms with Gasteiger partial charge < -0.3 is 4.74 Å². The Morgan fingerprint density at radius 1 is 0.607 bits per heavy atom. The molecule has 3 rings (SSSR count). The number of hydrogen-bond donors (Lipinski definition) is 0. The first kappa shape index (κ1) is 30.8. The molecule has 0 N–H and O–H groups in total. The zero-order valence-corrected chi connectivity index (χ0v) is 24.6. The summed E-state index contributed by atoms with van der Waals surface area (Å²) in [5.41, 5.74) is 0. The van der Waals surface area contributed by atoms with Crippen LogP contribution in [-0.4, -0.2) is 22.0 Å². The summed E-state index contributed by atoms with van der Waals surface area (Å²) in [6, 6.07) is 23.0. The van der Waals surface area contributed by atoms with Crippen LogP contribution < -0.4 is 64.3 Å². The molecule has 0 unspecified atom stereocenters. The molecule has 144 valence electrons. The number of ether oxygens (including phenoxy) is 1. The van der Waals surface area contributed by atoms with Crippen molar-refractivity contribution in [1.29, 1.82) is 0 Å². The SMILES string of the molecule is C1CCOC1.CC(C)(C)[Si-](c1ccccc1)C(C)(C)C.[Na+].[Na+].c1ccccc1. The quantitative estimate of drug-likeness (QED) is 0.616. The van der Waals surface area contributed by atoms with Gasteiger partial charge >= 0.3 is 59.1 Å². The predicted molar refractivity (Wildman–Crippen MR) is 118 cm³/mol. The normalized spacial score (nSPS) is 12.8. The van der Waals surface area contributed by atoms with Gasteiger partial charge in [-0.3, -0.25) is 8.80 Å². The minimum Gasteiger partial charge on any atom is -0.381 e. The van der Waals surface area contributed by atoms with E-state index in [1.165, 1.54) is 12.8 Å². The number of hydrogen-bond acceptors (Lipinski definition) is 1. The average molecular weight is 416 g/mol. The van der Waals surface area contributed by atoms with Crippen molar-refractivity contribution < 1.29 is 63.9 Å². The molecule has 1 fully saturated rings. The van der Waals surface area contributed by atoms with Crippen LogP contribution in [0.25, 0.3) is 0 Å². The Morgan fingerprint density at radius 3 is 1.18 bits per heavy atom. The first-order chi connectivity index (χ1) is 12.2. The average Bonchev–Trinajstić information content (AvgIpc) is 3.15. The van der Waals surface area contributed by atoms with Crippen molar-refractivity contribution in [3.63, 3.8) is 0 Å². The molecule has 0 bridgehead atoms. The maximum atomic E-state index is 4.94. The molecule has 1 nitrogen and oxygen atoms in total. The van der Waals surface area contributed by atoms with Gasteiger partial charge in [0.15, 0.2) is 0 Å². The second-order valence-corrected chi connectivity index (χ2v) is 13.0. The van der Waals surface area contributed by atoms with Gasteiger partial charge in [0.1, 0.15) is 0 Å². The first-order valence-electron chi connectivity index (χ1n) is 9.74. The van der Waals surface area contributed by atoms with Gasteiger partial charge in [0.25, 0.3) is 0 Å². The zero-order valence-electron chi connectivity index (χ0n) is 19.6. The minimum absolute atomic E-state index is 0. The Kier molecular flexibility index (Phi) is 18.0. The van der Waals surface area contributed by atoms with Crippen LogP contribution in [0.3, 0.4) is 0 Å². The van der Waals surface area contributed by atoms with E-state index in [-0.39, 0.29) is 59.1 Å². The summed E-state index contributed by atoms with van der Waals surface area (Å²) in [6.07, 6.45) is 2.56. The molecule has 0 aliphatic carbocycles. The first-order valence-corrected chi connectivity index (χ1v) is 11.2. The monoisotopic (exact) mass is 415 g/mol. The van der Waals surface area contributed by atoms with Crippen molar-refractivity contribution in [3.8, 4) is 0 Å². The van der Waals surface area contributed by atoms with E-state index >= 15 is 0 Å². The van der Waals surface area contributed by atoms with Gasteiger partial charge in [-0.2, -0.15) is 15.3 Å². The Bertz CT molecular complexity index is 525. The second-order valence-electron chi connectivity index (χ2n) is 8.72. The van der Waals surface area contributed by atoms with Crippen LogP contribution in [0, 0.1) is 0 Å². The van der Waals surface area contributed by atoms with Crippen LogP contribution in [0.2, 0.25) is 10.1 Å². The van der Waals surface area contributed by atoms with Gasteiger partial charge in [0.05, 0.1) is 0 Å². The fourth-order valence-corrected chi connectivity index (χ4v) is 8.00. The third kappa shape index (κ3) is 13.8. The van der Waals surface area contributed by atoms with Gasteiger partial charge in [-0.1, -0.05) is 108 Å². The molecule has 28 heavy (non-hydrogen) atoms. The van der Waals surface area contributed by atoms with E-state index in [1.807, 2.05) is 36.4 Å². The number of benzene rings is 2. The van der Waals surface area contributed by atoms with Crippen molar-refractivity contribution in [1.82, 2.24) is 0 Å². The van der Waals surface area contributed by atoms with Crippen molar-refractivity contribution in [2.24, 2.45) is 0 Å². The summed E-state index contributed by atoms with van der Waals surface area (Å²) in [5.74, 6) is 0. The maximum absolute atomic E-state index is 4.94. The Balaban J connectivity index is 0. The van der Waals surface area contributed by atoms with Crippen molar-refractivity contribution in [3.05, 3.63) is 66.7 Å². The Labute approximate surface area is 220 Å². The van der Waals surface area contributed by atoms with Gasteiger partial charge in [-0.25, -0.2) is 0 Å². The molecule has 0 amide bonds. The maximum Gasteiger partial charge on any atom is 1.00 e. The topological polar surface area (TPSA) is 9.23 Å². The van der Waals surface area contributed by atoms with E-state index in [4.69, 9.17) is 4.74 Å². The van der Waals surface area contributed by atoms with E-state index in [9.17, 15) is 0 Å². The molecule has 1 aliphatic rings. The van der Waals surface area contributed by atoms with Crippen LogP contribution in [0.1, 0.15) is 54.4 Å². The molecule has 2 aromatic carbocycles. The standard InChI is InChI=1S/C14H23Si.C6H6.C4H8O.2Na/c1-13(2,3)15(14(4,5)6)12-10-8-7-9-11-12;1-2-4-6-5-3-1;1-2-4-5-3-1;;/h7-11H,1-6H3;1-6H;1-4H2;;/q-1;;;2*+1. The molecule has 0 atom stereocenters. The largest absolute Gasteiger partial charge is 1.00 e. The van der Waals surface area contributed by atoms with Crippen LogP contribution in [0.4, 0.5) is 0 Å². The van der Waals surface area contributed by atoms with E-state index in [0.717, 1.165) is 13.2 Å². The Hall–Kier alpha value is 0.617. The second kappa shape index (κ2) is 16.3. The third-order valence-corrected chi connectivity index (χ3v) is 7.97. The Morgan fingerprint density at radius 2 is 0.929 bits per heavy atom. The number of rotatable bonds is 1. The molecule has 2 aromatic rings. The third-order valence-electron chi connectivity index (χ3n) is 4.06. The molecular weight excluding hydrogens is 378 g/mol. The molecule has 1 saturated heterocycles. The summed E-state index contributed by atoms with van der Waals surface area (Å²) in [6.45, 7) is 16.2. The van der Waals surface area contributed by atoms with Gasteiger partial charge in [0.2, 0.25) is 0 Å². The minimum atomic E-state index is -0.553. The van der Waals surface area contributed by atoms with E-state index in [2.05, 4.69) is 71.9 Å². The van der Waals surface area contributed by atoms with Crippen LogP contribution in [0.5, 0.6) is 0 Å². The van der Waals surface area contributed by atoms with Crippen LogP contribution >= 0.6 is 0 Å². The molecule has 1 heterocycles. The zero-order chi connectivity index (χ0) is 19.5. The molecule has 0 aromatic heterocycles. The fraction of sp³-hybridized carbons (Fsp3) is 0.500. The van der Waals surface area contributed by atoms with E-state index < -0.39 is 8.80 Å². The summed E-state index contributed by atoms with van der Waals surface area (Å²) in [7, 11) is -0.553. The fourth-order valence-electron chi connectivity index (χ4n) is 3.49. The van der Waals surface area contributed by atoms with E-state index in [0.29, 0.717) is 10.1 Å². The van der Waals surface area contributed by atoms with Crippen LogP contribution in [-0.2, 0) is 4.74 Å². The summed E-state index contributed by atoms with van der Waals surface area (Å²) in [5, 5.41) is 2.37. The predicted octanol–water partition coefficient (Wildman–Crippen LogP) is 0.480. The van der Waals surface area contributed by atoms with Gasteiger partial charge in [-0.05, 0) is 12.8 Å². The molecule has 0 radical (unpaired) electrons. The summed E-state index contributed by atoms with van der Waals surface area (Å²) < 4.78 is 4.94. The molecular formula is C24H37Na2OSi+. The van der Waals surface area contributed by atoms with Crippen molar-refractivity contribution in [2.45, 2.75) is 64.5 Å². The summed E-state index contributed by atoms with van der Waals surface area (Å²) >= 11 is 0. The molecule has 0 spiro atoms. The van der Waals surface area contributed by atoms with Crippen molar-refractivity contribution >= 4 is 14.0 Å². The van der Waals surface area contributed by atoms with Crippen molar-refractivity contribution in [2.75, 3.05) is 13.2 Å². The molecule has 1 aliphatic heterocycles. The summed E-state index contributed by atoms with van der Waals surface area (Å²) in [4.78, 5) is 0. The molecule has 0 saturated carbocycles. The van der Waals surface area contributed by atoms with Gasteiger partial charge in [-0.15, -0.1) is 0 Å². The van der Waals surface area contributed by atoms with E-state index in [1.54, 1.807) is 5.19 Å². The smallest absolute Gasteiger partial charge is 0.381 e. The van der Waals surface area contributed by atoms with Gasteiger partial charge in [0, 0.05) is 13.2 Å². The van der Waals surface area contributed by atoms with Crippen LogP contribution in [0.15, 0.2) is 66.7 Å².